The molecule has 4 amide bonds. The quantitative estimate of drug-likeness (QED) is 0.527. The van der Waals surface area contributed by atoms with Gasteiger partial charge in [0.15, 0.2) is 0 Å². The van der Waals surface area contributed by atoms with E-state index in [4.69, 9.17) is 4.74 Å². The number of hydrogen-bond acceptors (Lipinski definition) is 4. The fourth-order valence-electron chi connectivity index (χ4n) is 3.70. The molecule has 0 unspecified atom stereocenters. The van der Waals surface area contributed by atoms with Gasteiger partial charge in [0.25, 0.3) is 0 Å². The monoisotopic (exact) mass is 444 g/mol. The number of methoxy groups -OCH3 is 1. The van der Waals surface area contributed by atoms with E-state index in [1.807, 2.05) is 30.3 Å². The van der Waals surface area contributed by atoms with E-state index in [1.54, 1.807) is 60.5 Å². The van der Waals surface area contributed by atoms with Gasteiger partial charge in [0, 0.05) is 30.0 Å². The van der Waals surface area contributed by atoms with Crippen LogP contribution in [0.4, 0.5) is 27.5 Å². The van der Waals surface area contributed by atoms with Crippen molar-refractivity contribution >= 4 is 40.6 Å². The summed E-state index contributed by atoms with van der Waals surface area (Å²) in [6.45, 7) is 0.266. The van der Waals surface area contributed by atoms with Crippen LogP contribution >= 0.6 is 0 Å². The molecule has 1 atom stereocenters. The van der Waals surface area contributed by atoms with Crippen molar-refractivity contribution in [3.8, 4) is 5.75 Å². The maximum atomic E-state index is 12.8. The molecule has 3 aromatic carbocycles. The second-order valence-electron chi connectivity index (χ2n) is 7.59. The summed E-state index contributed by atoms with van der Waals surface area (Å²) >= 11 is 0. The minimum absolute atomic E-state index is 0.112. The van der Waals surface area contributed by atoms with Gasteiger partial charge in [-0.05, 0) is 42.5 Å². The number of benzene rings is 3. The number of carbonyl (C=O) groups excluding carboxylic acids is 3. The molecule has 1 fully saturated rings. The molecule has 8 nitrogen and oxygen atoms in total. The number of amides is 4. The van der Waals surface area contributed by atoms with Crippen molar-refractivity contribution < 1.29 is 19.1 Å². The summed E-state index contributed by atoms with van der Waals surface area (Å²) < 4.78 is 5.35. The molecule has 1 aliphatic rings. The summed E-state index contributed by atoms with van der Waals surface area (Å²) in [5.41, 5.74) is 2.38. The summed E-state index contributed by atoms with van der Waals surface area (Å²) in [7, 11) is 1.55. The minimum atomic E-state index is -0.500. The zero-order valence-corrected chi connectivity index (χ0v) is 18.1. The Kier molecular flexibility index (Phi) is 6.54. The Labute approximate surface area is 191 Å². The molecule has 1 heterocycles. The molecule has 33 heavy (non-hydrogen) atoms. The minimum Gasteiger partial charge on any atom is -0.495 e. The van der Waals surface area contributed by atoms with Crippen LogP contribution in [0.5, 0.6) is 5.75 Å². The van der Waals surface area contributed by atoms with Crippen molar-refractivity contribution in [2.24, 2.45) is 5.92 Å². The van der Waals surface area contributed by atoms with Gasteiger partial charge in [0.1, 0.15) is 5.75 Å². The van der Waals surface area contributed by atoms with Gasteiger partial charge in [-0.3, -0.25) is 9.59 Å². The van der Waals surface area contributed by atoms with Gasteiger partial charge in [-0.25, -0.2) is 4.79 Å². The van der Waals surface area contributed by atoms with Crippen LogP contribution in [0.2, 0.25) is 0 Å². The average Bonchev–Trinajstić information content (AvgIpc) is 3.21. The number of urea groups is 1. The first kappa shape index (κ1) is 21.9. The lowest BCUT2D eigenvalue weighted by molar-refractivity contribution is -0.122. The molecule has 0 aromatic heterocycles. The first-order valence-electron chi connectivity index (χ1n) is 10.5. The summed E-state index contributed by atoms with van der Waals surface area (Å²) in [5.74, 6) is -0.306. The zero-order valence-electron chi connectivity index (χ0n) is 18.1. The Hall–Kier alpha value is -4.33. The number of nitrogens with one attached hydrogen (secondary N) is 3. The van der Waals surface area contributed by atoms with Crippen LogP contribution in [-0.2, 0) is 9.59 Å². The predicted molar refractivity (Wildman–Crippen MR) is 128 cm³/mol. The molecule has 0 radical (unpaired) electrons. The Morgan fingerprint density at radius 1 is 0.848 bits per heavy atom. The molecule has 0 spiro atoms. The van der Waals surface area contributed by atoms with E-state index in [0.29, 0.717) is 28.5 Å². The third-order valence-corrected chi connectivity index (χ3v) is 5.29. The van der Waals surface area contributed by atoms with Crippen LogP contribution in [0.3, 0.4) is 0 Å². The lowest BCUT2D eigenvalue weighted by atomic mass is 10.1. The van der Waals surface area contributed by atoms with E-state index in [1.165, 1.54) is 0 Å². The molecule has 0 bridgehead atoms. The highest BCUT2D eigenvalue weighted by Gasteiger charge is 2.36. The Bertz CT molecular complexity index is 1170. The van der Waals surface area contributed by atoms with E-state index in [2.05, 4.69) is 16.0 Å². The zero-order chi connectivity index (χ0) is 23.2. The number of hydrogen-bond donors (Lipinski definition) is 3. The van der Waals surface area contributed by atoms with Crippen LogP contribution in [0.15, 0.2) is 78.9 Å². The van der Waals surface area contributed by atoms with Crippen LogP contribution in [0.25, 0.3) is 0 Å². The molecule has 1 saturated heterocycles. The number of carbonyl (C=O) groups is 3. The molecule has 0 saturated carbocycles. The Balaban J connectivity index is 1.38. The Morgan fingerprint density at radius 2 is 1.48 bits per heavy atom. The van der Waals surface area contributed by atoms with Crippen LogP contribution in [0, 0.1) is 5.92 Å². The molecule has 3 N–H and O–H groups in total. The lowest BCUT2D eigenvalue weighted by Gasteiger charge is -2.19. The van der Waals surface area contributed by atoms with Crippen molar-refractivity contribution in [1.82, 2.24) is 0 Å². The fraction of sp³-hybridized carbons (Fsp3) is 0.160. The Morgan fingerprint density at radius 3 is 2.24 bits per heavy atom. The number of nitrogens with zero attached hydrogens (tertiary/aromatic N) is 1. The van der Waals surface area contributed by atoms with Crippen LogP contribution in [-0.4, -0.2) is 31.5 Å². The van der Waals surface area contributed by atoms with Gasteiger partial charge in [0.05, 0.1) is 18.7 Å². The van der Waals surface area contributed by atoms with E-state index in [-0.39, 0.29) is 24.8 Å². The highest BCUT2D eigenvalue weighted by molar-refractivity contribution is 6.04. The van der Waals surface area contributed by atoms with E-state index < -0.39 is 11.9 Å². The maximum absolute atomic E-state index is 12.8. The molecule has 168 valence electrons. The number of anilines is 4. The highest BCUT2D eigenvalue weighted by atomic mass is 16.5. The van der Waals surface area contributed by atoms with E-state index in [0.717, 1.165) is 0 Å². The second-order valence-corrected chi connectivity index (χ2v) is 7.59. The van der Waals surface area contributed by atoms with Gasteiger partial charge >= 0.3 is 6.03 Å². The van der Waals surface area contributed by atoms with Gasteiger partial charge < -0.3 is 25.6 Å². The molecular formula is C25H24N4O4. The molecule has 1 aliphatic heterocycles. The van der Waals surface area contributed by atoms with Crippen LogP contribution < -0.4 is 25.6 Å². The third-order valence-electron chi connectivity index (χ3n) is 5.29. The molecule has 4 rings (SSSR count). The number of ether oxygens (including phenoxy) is 1. The summed E-state index contributed by atoms with van der Waals surface area (Å²) in [6.07, 6.45) is 0.112. The molecule has 3 aromatic rings. The maximum Gasteiger partial charge on any atom is 0.323 e. The van der Waals surface area contributed by atoms with Crippen molar-refractivity contribution in [2.45, 2.75) is 6.42 Å². The largest absolute Gasteiger partial charge is 0.495 e. The van der Waals surface area contributed by atoms with Gasteiger partial charge in [-0.2, -0.15) is 0 Å². The van der Waals surface area contributed by atoms with Crippen molar-refractivity contribution in [2.75, 3.05) is 34.5 Å². The summed E-state index contributed by atoms with van der Waals surface area (Å²) in [4.78, 5) is 39.2. The summed E-state index contributed by atoms with van der Waals surface area (Å²) in [5, 5.41) is 8.33. The fourth-order valence-corrected chi connectivity index (χ4v) is 3.70. The van der Waals surface area contributed by atoms with E-state index >= 15 is 0 Å². The summed E-state index contributed by atoms with van der Waals surface area (Å²) in [6, 6.07) is 22.8. The number of rotatable bonds is 6. The van der Waals surface area contributed by atoms with E-state index in [9.17, 15) is 14.4 Å². The van der Waals surface area contributed by atoms with Crippen molar-refractivity contribution in [3.63, 3.8) is 0 Å². The van der Waals surface area contributed by atoms with Gasteiger partial charge in [0.2, 0.25) is 11.8 Å². The first-order valence-corrected chi connectivity index (χ1v) is 10.5. The van der Waals surface area contributed by atoms with Crippen molar-refractivity contribution in [1.29, 1.82) is 0 Å². The molecule has 8 heteroatoms. The smallest absolute Gasteiger partial charge is 0.323 e. The molecule has 0 aliphatic carbocycles. The van der Waals surface area contributed by atoms with Gasteiger partial charge in [-0.15, -0.1) is 0 Å². The topological polar surface area (TPSA) is 99.8 Å². The second kappa shape index (κ2) is 9.86. The first-order chi connectivity index (χ1) is 16.0. The predicted octanol–water partition coefficient (Wildman–Crippen LogP) is 4.33. The standard InChI is InChI=1S/C25H24N4O4/c1-33-22-13-6-5-12-21(22)29-16-17(14-23(29)30)24(31)26-19-10-7-11-20(15-19)28-25(32)27-18-8-3-2-4-9-18/h2-13,15,17H,14,16H2,1H3,(H,26,31)(H2,27,28,32)/t17-/m0/s1. The highest BCUT2D eigenvalue weighted by Crippen LogP contribution is 2.33. The SMILES string of the molecule is COc1ccccc1N1C[C@@H](C(=O)Nc2cccc(NC(=O)Nc3ccccc3)c2)CC1=O. The van der Waals surface area contributed by atoms with Crippen LogP contribution in [0.1, 0.15) is 6.42 Å². The van der Waals surface area contributed by atoms with Crippen molar-refractivity contribution in [3.05, 3.63) is 78.9 Å². The normalized spacial score (nSPS) is 15.1. The average molecular weight is 444 g/mol. The lowest BCUT2D eigenvalue weighted by Crippen LogP contribution is -2.28. The third kappa shape index (κ3) is 5.30. The van der Waals surface area contributed by atoms with Gasteiger partial charge in [-0.1, -0.05) is 36.4 Å². The number of para-hydroxylation sites is 3. The molecular weight excluding hydrogens is 420 g/mol.